The van der Waals surface area contributed by atoms with Crippen LogP contribution in [0.2, 0.25) is 10.0 Å². The molecule has 4 heteroatoms. The topological polar surface area (TPSA) is 0 Å². The van der Waals surface area contributed by atoms with Crippen molar-refractivity contribution in [3.8, 4) is 22.3 Å². The molecule has 0 amide bonds. The molecule has 0 unspecified atom stereocenters. The maximum absolute atomic E-state index is 6.64. The fourth-order valence-corrected chi connectivity index (χ4v) is 13.5. The van der Waals surface area contributed by atoms with E-state index in [0.717, 1.165) is 10.0 Å². The number of hydrogen-bond acceptors (Lipinski definition) is 0. The fraction of sp³-hybridized carbons (Fsp3) is 0.636. The molecule has 4 aromatic rings. The molecule has 70 heavy (non-hydrogen) atoms. The molecule has 0 nitrogen and oxygen atoms in total. The summed E-state index contributed by atoms with van der Waals surface area (Å²) in [7, 11) is 0. The zero-order valence-electron chi connectivity index (χ0n) is 44.9. The van der Waals surface area contributed by atoms with E-state index in [2.05, 4.69) is 132 Å². The van der Waals surface area contributed by atoms with Crippen LogP contribution >= 0.6 is 55.1 Å². The van der Waals surface area contributed by atoms with E-state index in [4.69, 9.17) is 23.2 Å². The van der Waals surface area contributed by atoms with Gasteiger partial charge in [0, 0.05) is 29.8 Å². The van der Waals surface area contributed by atoms with Crippen LogP contribution in [0.25, 0.3) is 22.3 Å². The minimum atomic E-state index is 0.111. The van der Waals surface area contributed by atoms with E-state index in [-0.39, 0.29) is 10.8 Å². The first kappa shape index (κ1) is 59.3. The summed E-state index contributed by atoms with van der Waals surface area (Å²) in [5, 5.41) is 1.76. The van der Waals surface area contributed by atoms with Gasteiger partial charge in [-0.2, -0.15) is 0 Å². The normalized spacial score (nSPS) is 13.7. The summed E-state index contributed by atoms with van der Waals surface area (Å²) in [5.41, 5.74) is 12.0. The van der Waals surface area contributed by atoms with Gasteiger partial charge in [-0.25, -0.2) is 0 Å². The molecule has 2 aliphatic carbocycles. The molecule has 4 aromatic carbocycles. The van der Waals surface area contributed by atoms with Gasteiger partial charge in [-0.3, -0.25) is 0 Å². The molecule has 0 spiro atoms. The number of rotatable bonds is 36. The summed E-state index contributed by atoms with van der Waals surface area (Å²) in [6.07, 6.45) is 49.0. The summed E-state index contributed by atoms with van der Waals surface area (Å²) in [6, 6.07) is 27.2. The second-order valence-corrected chi connectivity index (χ2v) is 24.5. The highest BCUT2D eigenvalue weighted by Crippen LogP contribution is 2.57. The van der Waals surface area contributed by atoms with Gasteiger partial charge in [0.1, 0.15) is 0 Å². The van der Waals surface area contributed by atoms with Crippen molar-refractivity contribution >= 4 is 55.1 Å². The molecular weight excluding hydrogens is 1020 g/mol. The molecule has 6 rings (SSSR count). The molecule has 0 fully saturated rings. The average molecular weight is 1120 g/mol. The largest absolute Gasteiger partial charge is 0.0843 e. The predicted octanol–water partition coefficient (Wildman–Crippen LogP) is 24.9. The van der Waals surface area contributed by atoms with Crippen molar-refractivity contribution in [2.45, 2.75) is 270 Å². The minimum Gasteiger partial charge on any atom is -0.0843 e. The van der Waals surface area contributed by atoms with Crippen molar-refractivity contribution in [3.05, 3.63) is 114 Å². The highest BCUT2D eigenvalue weighted by molar-refractivity contribution is 9.10. The van der Waals surface area contributed by atoms with Crippen LogP contribution in [0, 0.1) is 0 Å². The third kappa shape index (κ3) is 17.8. The van der Waals surface area contributed by atoms with E-state index in [1.54, 1.807) is 5.56 Å². The zero-order valence-corrected chi connectivity index (χ0v) is 49.6. The van der Waals surface area contributed by atoms with Gasteiger partial charge in [-0.05, 0) is 119 Å². The Morgan fingerprint density at radius 3 is 0.757 bits per heavy atom. The lowest BCUT2D eigenvalue weighted by Gasteiger charge is -2.33. The molecule has 2 aliphatic rings. The van der Waals surface area contributed by atoms with Crippen LogP contribution in [0.3, 0.4) is 0 Å². The number of fused-ring (bicyclic) bond motifs is 6. The highest BCUT2D eigenvalue weighted by atomic mass is 79.9. The summed E-state index contributed by atoms with van der Waals surface area (Å²) < 4.78 is 2.40. The second kappa shape index (κ2) is 33.4. The maximum atomic E-state index is 6.64. The first-order valence-corrected chi connectivity index (χ1v) is 31.8. The SMILES string of the molecule is CCCCCCCCC1(CCCCCCCC)c2cc(Cl)ccc2-c2ccc(Br)cc21.CCCCCCCCCCCCC1(CCCCCCCCCCCC)c2cc(Cl)ccc2-c2ccc(Br)cc21. The van der Waals surface area contributed by atoms with Gasteiger partial charge < -0.3 is 0 Å². The summed E-state index contributed by atoms with van der Waals surface area (Å²) in [6.45, 7) is 9.20. The molecule has 0 saturated heterocycles. The van der Waals surface area contributed by atoms with Crippen molar-refractivity contribution in [1.29, 1.82) is 0 Å². The lowest BCUT2D eigenvalue weighted by atomic mass is 9.70. The van der Waals surface area contributed by atoms with Crippen molar-refractivity contribution in [3.63, 3.8) is 0 Å². The van der Waals surface area contributed by atoms with Crippen LogP contribution in [0.4, 0.5) is 0 Å². The first-order chi connectivity index (χ1) is 34.2. The Morgan fingerprint density at radius 2 is 0.500 bits per heavy atom. The van der Waals surface area contributed by atoms with Crippen molar-refractivity contribution in [1.82, 2.24) is 0 Å². The van der Waals surface area contributed by atoms with Crippen LogP contribution in [-0.4, -0.2) is 0 Å². The van der Waals surface area contributed by atoms with Crippen LogP contribution in [0.15, 0.2) is 81.7 Å². The Kier molecular flexibility index (Phi) is 28.3. The predicted molar refractivity (Wildman–Crippen MR) is 320 cm³/mol. The molecule has 0 atom stereocenters. The van der Waals surface area contributed by atoms with Crippen LogP contribution in [-0.2, 0) is 10.8 Å². The fourth-order valence-electron chi connectivity index (χ4n) is 12.4. The van der Waals surface area contributed by atoms with Gasteiger partial charge >= 0.3 is 0 Å². The first-order valence-electron chi connectivity index (χ1n) is 29.5. The van der Waals surface area contributed by atoms with E-state index in [1.807, 2.05) is 0 Å². The van der Waals surface area contributed by atoms with Gasteiger partial charge in [-0.15, -0.1) is 0 Å². The Balaban J connectivity index is 0.000000267. The van der Waals surface area contributed by atoms with E-state index in [0.29, 0.717) is 0 Å². The van der Waals surface area contributed by atoms with E-state index in [9.17, 15) is 0 Å². The maximum Gasteiger partial charge on any atom is 0.0409 e. The highest BCUT2D eigenvalue weighted by Gasteiger charge is 2.44. The van der Waals surface area contributed by atoms with Gasteiger partial charge in [0.15, 0.2) is 0 Å². The Hall–Kier alpha value is -1.58. The Bertz CT molecular complexity index is 1920. The van der Waals surface area contributed by atoms with E-state index < -0.39 is 0 Å². The molecule has 388 valence electrons. The molecule has 0 heterocycles. The van der Waals surface area contributed by atoms with Crippen molar-refractivity contribution < 1.29 is 0 Å². The second-order valence-electron chi connectivity index (χ2n) is 21.8. The molecular formula is C66H96Br2Cl2. The van der Waals surface area contributed by atoms with Gasteiger partial charge in [0.2, 0.25) is 0 Å². The van der Waals surface area contributed by atoms with Gasteiger partial charge in [0.25, 0.3) is 0 Å². The van der Waals surface area contributed by atoms with Crippen LogP contribution < -0.4 is 0 Å². The van der Waals surface area contributed by atoms with Crippen LogP contribution in [0.5, 0.6) is 0 Å². The number of halogens is 4. The van der Waals surface area contributed by atoms with E-state index in [1.165, 1.54) is 279 Å². The summed E-state index contributed by atoms with van der Waals surface area (Å²) in [5.74, 6) is 0. The molecule has 0 N–H and O–H groups in total. The van der Waals surface area contributed by atoms with Crippen molar-refractivity contribution in [2.24, 2.45) is 0 Å². The number of unbranched alkanes of at least 4 members (excludes halogenated alkanes) is 28. The quantitative estimate of drug-likeness (QED) is 0.0398. The molecule has 0 radical (unpaired) electrons. The number of benzene rings is 4. The Labute approximate surface area is 457 Å². The summed E-state index contributed by atoms with van der Waals surface area (Å²) in [4.78, 5) is 0. The van der Waals surface area contributed by atoms with Crippen molar-refractivity contribution in [2.75, 3.05) is 0 Å². The molecule has 0 aliphatic heterocycles. The molecule has 0 aromatic heterocycles. The average Bonchev–Trinajstić information content (AvgIpc) is 3.76. The third-order valence-electron chi connectivity index (χ3n) is 16.4. The van der Waals surface area contributed by atoms with Gasteiger partial charge in [0.05, 0.1) is 0 Å². The smallest absolute Gasteiger partial charge is 0.0409 e. The third-order valence-corrected chi connectivity index (χ3v) is 17.9. The lowest BCUT2D eigenvalue weighted by molar-refractivity contribution is 0.396. The van der Waals surface area contributed by atoms with E-state index >= 15 is 0 Å². The summed E-state index contributed by atoms with van der Waals surface area (Å²) >= 11 is 20.8. The van der Waals surface area contributed by atoms with Crippen LogP contribution in [0.1, 0.15) is 281 Å². The standard InChI is InChI=1S/C37H56BrCl.C29H40BrCl/c1-3-5-7-9-11-13-15-17-19-21-27-37(28-22-20-18-16-14-12-10-8-6-4-2)35-29-31(38)23-25-33(35)34-26-24-32(39)30-36(34)37;1-3-5-7-9-11-13-19-29(20-14-12-10-8-6-4-2)27-21-23(30)15-17-25(27)26-18-16-24(31)22-28(26)29/h23-26,29-30H,3-22,27-28H2,1-2H3;15-18,21-22H,3-14,19-20H2,1-2H3. The minimum absolute atomic E-state index is 0.111. The van der Waals surface area contributed by atoms with Gasteiger partial charge in [-0.1, -0.05) is 312 Å². The molecule has 0 saturated carbocycles. The Morgan fingerprint density at radius 1 is 0.286 bits per heavy atom. The monoisotopic (exact) mass is 1120 g/mol. The zero-order chi connectivity index (χ0) is 49.9. The number of hydrogen-bond donors (Lipinski definition) is 0. The molecule has 0 bridgehead atoms. The lowest BCUT2D eigenvalue weighted by Crippen LogP contribution is -2.25.